The number of anilines is 2. The van der Waals surface area contributed by atoms with E-state index in [0.29, 0.717) is 41.9 Å². The van der Waals surface area contributed by atoms with Gasteiger partial charge in [-0.1, -0.05) is 0 Å². The minimum absolute atomic E-state index is 0.290. The Kier molecular flexibility index (Phi) is 5.30. The van der Waals surface area contributed by atoms with E-state index in [1.54, 1.807) is 38.5 Å². The van der Waals surface area contributed by atoms with Crippen LogP contribution in [-0.4, -0.2) is 56.4 Å². The molecule has 0 saturated carbocycles. The maximum absolute atomic E-state index is 12.5. The Hall–Kier alpha value is -2.87. The average molecular weight is 344 g/mol. The zero-order valence-corrected chi connectivity index (χ0v) is 14.2. The van der Waals surface area contributed by atoms with Crippen molar-refractivity contribution in [1.82, 2.24) is 9.97 Å². The molecule has 1 amide bonds. The van der Waals surface area contributed by atoms with Crippen LogP contribution in [0.1, 0.15) is 10.5 Å². The number of methoxy groups -OCH3 is 2. The van der Waals surface area contributed by atoms with Crippen molar-refractivity contribution in [3.63, 3.8) is 0 Å². The first-order valence-electron chi connectivity index (χ1n) is 7.89. The predicted octanol–water partition coefficient (Wildman–Crippen LogP) is 1.58. The fraction of sp³-hybridized carbons (Fsp3) is 0.353. The van der Waals surface area contributed by atoms with Gasteiger partial charge in [-0.3, -0.25) is 4.79 Å². The zero-order valence-electron chi connectivity index (χ0n) is 14.2. The number of nitrogens with zero attached hydrogens (tertiary/aromatic N) is 3. The molecule has 132 valence electrons. The summed E-state index contributed by atoms with van der Waals surface area (Å²) in [6, 6.07) is 6.84. The van der Waals surface area contributed by atoms with Crippen molar-refractivity contribution in [2.45, 2.75) is 0 Å². The maximum Gasteiger partial charge on any atom is 0.274 e. The number of carbonyl (C=O) groups is 1. The molecular formula is C17H20N4O4. The lowest BCUT2D eigenvalue weighted by molar-refractivity contribution is 0.102. The number of carbonyl (C=O) groups excluding carboxylic acids is 1. The second-order valence-electron chi connectivity index (χ2n) is 5.42. The molecular weight excluding hydrogens is 324 g/mol. The fourth-order valence-electron chi connectivity index (χ4n) is 2.51. The van der Waals surface area contributed by atoms with Gasteiger partial charge in [-0.25, -0.2) is 9.97 Å². The Balaban J connectivity index is 1.77. The first-order valence-corrected chi connectivity index (χ1v) is 7.89. The second-order valence-corrected chi connectivity index (χ2v) is 5.42. The van der Waals surface area contributed by atoms with E-state index in [2.05, 4.69) is 20.2 Å². The fourth-order valence-corrected chi connectivity index (χ4v) is 2.51. The van der Waals surface area contributed by atoms with Gasteiger partial charge in [-0.05, 0) is 0 Å². The van der Waals surface area contributed by atoms with E-state index in [-0.39, 0.29) is 5.91 Å². The van der Waals surface area contributed by atoms with Gasteiger partial charge >= 0.3 is 0 Å². The number of benzene rings is 1. The van der Waals surface area contributed by atoms with Crippen LogP contribution in [0.15, 0.2) is 30.6 Å². The molecule has 1 aromatic heterocycles. The summed E-state index contributed by atoms with van der Waals surface area (Å²) < 4.78 is 15.7. The molecule has 1 fully saturated rings. The number of rotatable bonds is 5. The quantitative estimate of drug-likeness (QED) is 0.881. The molecule has 2 aromatic rings. The molecule has 0 bridgehead atoms. The van der Waals surface area contributed by atoms with Crippen molar-refractivity contribution in [2.75, 3.05) is 50.7 Å². The minimum Gasteiger partial charge on any atom is -0.497 e. The van der Waals surface area contributed by atoms with Crippen molar-refractivity contribution < 1.29 is 19.0 Å². The van der Waals surface area contributed by atoms with Crippen LogP contribution < -0.4 is 19.7 Å². The van der Waals surface area contributed by atoms with Crippen LogP contribution in [0.2, 0.25) is 0 Å². The summed E-state index contributed by atoms with van der Waals surface area (Å²) in [5, 5.41) is 2.81. The summed E-state index contributed by atoms with van der Waals surface area (Å²) in [4.78, 5) is 22.9. The summed E-state index contributed by atoms with van der Waals surface area (Å²) in [6.07, 6.45) is 1.39. The van der Waals surface area contributed by atoms with Gasteiger partial charge in [0.25, 0.3) is 5.91 Å². The molecule has 1 aromatic carbocycles. The zero-order chi connectivity index (χ0) is 17.6. The summed E-state index contributed by atoms with van der Waals surface area (Å²) in [5.74, 6) is 1.57. The highest BCUT2D eigenvalue weighted by Gasteiger charge is 2.16. The third-order valence-corrected chi connectivity index (χ3v) is 3.83. The van der Waals surface area contributed by atoms with Crippen LogP contribution >= 0.6 is 0 Å². The van der Waals surface area contributed by atoms with Crippen LogP contribution in [0.3, 0.4) is 0 Å². The van der Waals surface area contributed by atoms with Crippen LogP contribution in [0.4, 0.5) is 11.5 Å². The van der Waals surface area contributed by atoms with Gasteiger partial charge in [-0.2, -0.15) is 0 Å². The normalized spacial score (nSPS) is 14.1. The Bertz CT molecular complexity index is 725. The van der Waals surface area contributed by atoms with Crippen LogP contribution in [0, 0.1) is 0 Å². The summed E-state index contributed by atoms with van der Waals surface area (Å²) in [6.45, 7) is 2.78. The summed E-state index contributed by atoms with van der Waals surface area (Å²) >= 11 is 0. The number of ether oxygens (including phenoxy) is 3. The van der Waals surface area contributed by atoms with Gasteiger partial charge < -0.3 is 24.4 Å². The van der Waals surface area contributed by atoms with Gasteiger partial charge in [0.05, 0.1) is 27.4 Å². The maximum atomic E-state index is 12.5. The van der Waals surface area contributed by atoms with Crippen molar-refractivity contribution in [1.29, 1.82) is 0 Å². The van der Waals surface area contributed by atoms with Gasteiger partial charge in [-0.15, -0.1) is 0 Å². The molecule has 3 rings (SSSR count). The summed E-state index contributed by atoms with van der Waals surface area (Å²) in [7, 11) is 3.11. The third-order valence-electron chi connectivity index (χ3n) is 3.83. The molecule has 0 aliphatic carbocycles. The van der Waals surface area contributed by atoms with E-state index >= 15 is 0 Å². The molecule has 8 nitrogen and oxygen atoms in total. The highest BCUT2D eigenvalue weighted by atomic mass is 16.5. The number of amides is 1. The molecule has 1 aliphatic rings. The molecule has 0 atom stereocenters. The van der Waals surface area contributed by atoms with Crippen molar-refractivity contribution in [2.24, 2.45) is 0 Å². The number of aromatic nitrogens is 2. The Morgan fingerprint density at radius 3 is 2.40 bits per heavy atom. The molecule has 25 heavy (non-hydrogen) atoms. The van der Waals surface area contributed by atoms with E-state index in [0.717, 1.165) is 13.1 Å². The largest absolute Gasteiger partial charge is 0.497 e. The summed E-state index contributed by atoms with van der Waals surface area (Å²) in [5.41, 5.74) is 0.853. The van der Waals surface area contributed by atoms with Crippen molar-refractivity contribution >= 4 is 17.4 Å². The van der Waals surface area contributed by atoms with E-state index in [9.17, 15) is 4.79 Å². The molecule has 1 aliphatic heterocycles. The van der Waals surface area contributed by atoms with Gasteiger partial charge in [0, 0.05) is 43.0 Å². The lowest BCUT2D eigenvalue weighted by Crippen LogP contribution is -2.37. The average Bonchev–Trinajstić information content (AvgIpc) is 2.68. The molecule has 0 spiro atoms. The van der Waals surface area contributed by atoms with Gasteiger partial charge in [0.1, 0.15) is 29.3 Å². The van der Waals surface area contributed by atoms with Crippen LogP contribution in [-0.2, 0) is 4.74 Å². The molecule has 0 radical (unpaired) electrons. The topological polar surface area (TPSA) is 85.8 Å². The Morgan fingerprint density at radius 1 is 1.08 bits per heavy atom. The van der Waals surface area contributed by atoms with Gasteiger partial charge in [0.15, 0.2) is 0 Å². The minimum atomic E-state index is -0.327. The number of nitrogens with one attached hydrogen (secondary N) is 1. The monoisotopic (exact) mass is 344 g/mol. The molecule has 2 heterocycles. The molecule has 1 N–H and O–H groups in total. The van der Waals surface area contributed by atoms with E-state index in [4.69, 9.17) is 14.2 Å². The molecule has 1 saturated heterocycles. The molecule has 0 unspecified atom stereocenters. The van der Waals surface area contributed by atoms with Crippen LogP contribution in [0.25, 0.3) is 0 Å². The number of hydrogen-bond acceptors (Lipinski definition) is 7. The van der Waals surface area contributed by atoms with E-state index < -0.39 is 0 Å². The highest BCUT2D eigenvalue weighted by Crippen LogP contribution is 2.26. The van der Waals surface area contributed by atoms with E-state index in [1.165, 1.54) is 6.33 Å². The molecule has 8 heteroatoms. The van der Waals surface area contributed by atoms with Crippen molar-refractivity contribution in [3.8, 4) is 11.5 Å². The lowest BCUT2D eigenvalue weighted by Gasteiger charge is -2.27. The van der Waals surface area contributed by atoms with Crippen LogP contribution in [0.5, 0.6) is 11.5 Å². The Morgan fingerprint density at radius 2 is 1.76 bits per heavy atom. The number of morpholine rings is 1. The first-order chi connectivity index (χ1) is 12.2. The highest BCUT2D eigenvalue weighted by molar-refractivity contribution is 6.03. The smallest absolute Gasteiger partial charge is 0.274 e. The van der Waals surface area contributed by atoms with Crippen molar-refractivity contribution in [3.05, 3.63) is 36.3 Å². The SMILES string of the molecule is COc1cc(NC(=O)c2cc(N3CCOCC3)ncn2)cc(OC)c1. The van der Waals surface area contributed by atoms with Gasteiger partial charge in [0.2, 0.25) is 0 Å². The lowest BCUT2D eigenvalue weighted by atomic mass is 10.2. The number of hydrogen-bond donors (Lipinski definition) is 1. The predicted molar refractivity (Wildman–Crippen MR) is 92.6 cm³/mol. The first kappa shape index (κ1) is 17.0. The Labute approximate surface area is 145 Å². The standard InChI is InChI=1S/C17H20N4O4/c1-23-13-7-12(8-14(9-13)24-2)20-17(22)15-10-16(19-11-18-15)21-3-5-25-6-4-21/h7-11H,3-6H2,1-2H3,(H,20,22). The second kappa shape index (κ2) is 7.80. The third kappa shape index (κ3) is 4.16. The van der Waals surface area contributed by atoms with E-state index in [1.807, 2.05) is 0 Å².